The van der Waals surface area contributed by atoms with Gasteiger partial charge in [0.15, 0.2) is 0 Å². The summed E-state index contributed by atoms with van der Waals surface area (Å²) in [4.78, 5) is 14.4. The van der Waals surface area contributed by atoms with Crippen molar-refractivity contribution < 1.29 is 26.8 Å². The maximum absolute atomic E-state index is 14.0. The lowest BCUT2D eigenvalue weighted by Crippen LogP contribution is -2.45. The number of furan rings is 1. The van der Waals surface area contributed by atoms with Gasteiger partial charge < -0.3 is 14.1 Å². The van der Waals surface area contributed by atoms with Gasteiger partial charge in [-0.25, -0.2) is 12.8 Å². The Bertz CT molecular complexity index is 909. The first kappa shape index (κ1) is 21.5. The Kier molecular flexibility index (Phi) is 7.05. The number of carbonyl (C=O) groups is 1. The van der Waals surface area contributed by atoms with Crippen LogP contribution < -0.4 is 0 Å². The molecule has 0 spiro atoms. The average molecular weight is 424 g/mol. The standard InChI is InChI=1S/C20H25FN2O5S/c1-27-14-12-22(15-17-5-4-13-28-17)20(24)16-8-10-23(11-9-16)29(25,26)19-7-3-2-6-18(19)21/h2-7,13,16H,8-12,14-15H2,1H3. The highest BCUT2D eigenvalue weighted by molar-refractivity contribution is 7.89. The van der Waals surface area contributed by atoms with Crippen LogP contribution in [-0.4, -0.2) is 56.9 Å². The Balaban J connectivity index is 1.65. The van der Waals surface area contributed by atoms with Crippen molar-refractivity contribution in [1.29, 1.82) is 0 Å². The van der Waals surface area contributed by atoms with Crippen LogP contribution >= 0.6 is 0 Å². The normalized spacial score (nSPS) is 16.1. The molecule has 1 aromatic heterocycles. The van der Waals surface area contributed by atoms with Crippen LogP contribution in [-0.2, 0) is 26.1 Å². The summed E-state index contributed by atoms with van der Waals surface area (Å²) < 4.78 is 51.1. The number of amides is 1. The largest absolute Gasteiger partial charge is 0.467 e. The van der Waals surface area contributed by atoms with Gasteiger partial charge in [-0.1, -0.05) is 12.1 Å². The van der Waals surface area contributed by atoms with E-state index >= 15 is 0 Å². The summed E-state index contributed by atoms with van der Waals surface area (Å²) in [7, 11) is -2.35. The molecule has 9 heteroatoms. The minimum absolute atomic E-state index is 0.0543. The second-order valence-electron chi connectivity index (χ2n) is 6.94. The lowest BCUT2D eigenvalue weighted by atomic mass is 9.96. The van der Waals surface area contributed by atoms with Gasteiger partial charge >= 0.3 is 0 Å². The molecule has 2 aromatic rings. The molecule has 0 aliphatic carbocycles. The lowest BCUT2D eigenvalue weighted by Gasteiger charge is -2.33. The molecule has 0 bridgehead atoms. The third-order valence-electron chi connectivity index (χ3n) is 5.06. The quantitative estimate of drug-likeness (QED) is 0.651. The van der Waals surface area contributed by atoms with Crippen LogP contribution in [0.5, 0.6) is 0 Å². The first-order valence-electron chi connectivity index (χ1n) is 9.48. The number of methoxy groups -OCH3 is 1. The third-order valence-corrected chi connectivity index (χ3v) is 6.99. The number of halogens is 1. The van der Waals surface area contributed by atoms with E-state index < -0.39 is 15.8 Å². The predicted octanol–water partition coefficient (Wildman–Crippen LogP) is 2.49. The topological polar surface area (TPSA) is 80.1 Å². The number of hydrogen-bond acceptors (Lipinski definition) is 5. The molecule has 1 aliphatic heterocycles. The maximum Gasteiger partial charge on any atom is 0.245 e. The Morgan fingerprint density at radius 1 is 1.24 bits per heavy atom. The fourth-order valence-electron chi connectivity index (χ4n) is 3.45. The number of rotatable bonds is 8. The van der Waals surface area contributed by atoms with E-state index in [1.807, 2.05) is 0 Å². The van der Waals surface area contributed by atoms with E-state index in [0.717, 1.165) is 6.07 Å². The number of ether oxygens (including phenoxy) is 1. The molecular formula is C20H25FN2O5S. The van der Waals surface area contributed by atoms with Crippen molar-refractivity contribution >= 4 is 15.9 Å². The Hall–Kier alpha value is -2.23. The maximum atomic E-state index is 14.0. The summed E-state index contributed by atoms with van der Waals surface area (Å²) in [5.41, 5.74) is 0. The molecule has 2 heterocycles. The van der Waals surface area contributed by atoms with Gasteiger partial charge in [0.25, 0.3) is 0 Å². The van der Waals surface area contributed by atoms with E-state index in [4.69, 9.17) is 9.15 Å². The number of nitrogens with zero attached hydrogens (tertiary/aromatic N) is 2. The van der Waals surface area contributed by atoms with E-state index in [1.54, 1.807) is 30.4 Å². The van der Waals surface area contributed by atoms with Gasteiger partial charge in [-0.15, -0.1) is 0 Å². The number of hydrogen-bond donors (Lipinski definition) is 0. The molecule has 0 radical (unpaired) electrons. The molecule has 1 amide bonds. The first-order valence-corrected chi connectivity index (χ1v) is 10.9. The lowest BCUT2D eigenvalue weighted by molar-refractivity contribution is -0.138. The zero-order valence-corrected chi connectivity index (χ0v) is 17.1. The van der Waals surface area contributed by atoms with Gasteiger partial charge in [-0.3, -0.25) is 4.79 Å². The van der Waals surface area contributed by atoms with Crippen LogP contribution in [0.15, 0.2) is 52.0 Å². The van der Waals surface area contributed by atoms with Crippen molar-refractivity contribution in [2.45, 2.75) is 24.3 Å². The van der Waals surface area contributed by atoms with Gasteiger partial charge in [-0.2, -0.15) is 4.31 Å². The average Bonchev–Trinajstić information content (AvgIpc) is 3.24. The minimum atomic E-state index is -3.92. The molecule has 0 saturated carbocycles. The molecule has 1 aliphatic rings. The zero-order chi connectivity index (χ0) is 20.9. The molecule has 29 heavy (non-hydrogen) atoms. The van der Waals surface area contributed by atoms with E-state index in [-0.39, 0.29) is 29.8 Å². The predicted molar refractivity (Wildman–Crippen MR) is 104 cm³/mol. The Morgan fingerprint density at radius 3 is 2.59 bits per heavy atom. The molecular weight excluding hydrogens is 399 g/mol. The van der Waals surface area contributed by atoms with Crippen LogP contribution in [0, 0.1) is 11.7 Å². The summed E-state index contributed by atoms with van der Waals surface area (Å²) in [6.07, 6.45) is 2.32. The highest BCUT2D eigenvalue weighted by Gasteiger charge is 2.35. The third kappa shape index (κ3) is 5.04. The number of benzene rings is 1. The number of piperidine rings is 1. The molecule has 0 unspecified atom stereocenters. The summed E-state index contributed by atoms with van der Waals surface area (Å²) in [5, 5.41) is 0. The number of carbonyl (C=O) groups excluding carboxylic acids is 1. The van der Waals surface area contributed by atoms with Crippen LogP contribution in [0.2, 0.25) is 0 Å². The molecule has 0 N–H and O–H groups in total. The second-order valence-corrected chi connectivity index (χ2v) is 8.85. The first-order chi connectivity index (χ1) is 13.9. The van der Waals surface area contributed by atoms with Gasteiger partial charge in [-0.05, 0) is 37.1 Å². The smallest absolute Gasteiger partial charge is 0.245 e. The Labute approximate surface area is 170 Å². The fourth-order valence-corrected chi connectivity index (χ4v) is 4.99. The van der Waals surface area contributed by atoms with Crippen molar-refractivity contribution in [2.75, 3.05) is 33.4 Å². The summed E-state index contributed by atoms with van der Waals surface area (Å²) in [6.45, 7) is 1.50. The molecule has 3 rings (SSSR count). The van der Waals surface area contributed by atoms with Gasteiger partial charge in [0.1, 0.15) is 16.5 Å². The summed E-state index contributed by atoms with van der Waals surface area (Å²) in [6, 6.07) is 8.90. The fraction of sp³-hybridized carbons (Fsp3) is 0.450. The van der Waals surface area contributed by atoms with Gasteiger partial charge in [0.05, 0.1) is 19.4 Å². The molecule has 1 fully saturated rings. The van der Waals surface area contributed by atoms with E-state index in [9.17, 15) is 17.6 Å². The van der Waals surface area contributed by atoms with Crippen LogP contribution in [0.1, 0.15) is 18.6 Å². The molecule has 7 nitrogen and oxygen atoms in total. The van der Waals surface area contributed by atoms with Crippen LogP contribution in [0.3, 0.4) is 0 Å². The van der Waals surface area contributed by atoms with Crippen molar-refractivity contribution in [3.63, 3.8) is 0 Å². The van der Waals surface area contributed by atoms with E-state index in [0.29, 0.717) is 38.3 Å². The van der Waals surface area contributed by atoms with E-state index in [1.165, 1.54) is 22.5 Å². The van der Waals surface area contributed by atoms with Crippen molar-refractivity contribution in [1.82, 2.24) is 9.21 Å². The van der Waals surface area contributed by atoms with Gasteiger partial charge in [0.2, 0.25) is 15.9 Å². The zero-order valence-electron chi connectivity index (χ0n) is 16.3. The molecule has 158 valence electrons. The molecule has 0 atom stereocenters. The summed E-state index contributed by atoms with van der Waals surface area (Å²) in [5.74, 6) is -0.445. The SMILES string of the molecule is COCCN(Cc1ccco1)C(=O)C1CCN(S(=O)(=O)c2ccccc2F)CC1. The highest BCUT2D eigenvalue weighted by Crippen LogP contribution is 2.26. The molecule has 1 aromatic carbocycles. The van der Waals surface area contributed by atoms with Gasteiger partial charge in [0, 0.05) is 32.7 Å². The number of sulfonamides is 1. The highest BCUT2D eigenvalue weighted by atomic mass is 32.2. The minimum Gasteiger partial charge on any atom is -0.467 e. The van der Waals surface area contributed by atoms with Crippen molar-refractivity contribution in [3.05, 3.63) is 54.2 Å². The van der Waals surface area contributed by atoms with Crippen LogP contribution in [0.25, 0.3) is 0 Å². The van der Waals surface area contributed by atoms with Crippen molar-refractivity contribution in [3.8, 4) is 0 Å². The Morgan fingerprint density at radius 2 is 1.97 bits per heavy atom. The van der Waals surface area contributed by atoms with Crippen LogP contribution in [0.4, 0.5) is 4.39 Å². The van der Waals surface area contributed by atoms with E-state index in [2.05, 4.69) is 0 Å². The monoisotopic (exact) mass is 424 g/mol. The molecule has 1 saturated heterocycles. The van der Waals surface area contributed by atoms with Crippen molar-refractivity contribution in [2.24, 2.45) is 5.92 Å². The summed E-state index contributed by atoms with van der Waals surface area (Å²) >= 11 is 0. The second kappa shape index (κ2) is 9.51.